The van der Waals surface area contributed by atoms with E-state index in [9.17, 15) is 25.9 Å². The molecule has 0 fully saturated rings. The number of allylic oxidation sites excluding steroid dienone is 2. The molecule has 5 rings (SSSR count). The number of rotatable bonds is 10. The van der Waals surface area contributed by atoms with Crippen molar-refractivity contribution in [2.75, 3.05) is 23.0 Å². The van der Waals surface area contributed by atoms with Gasteiger partial charge in [-0.1, -0.05) is 42.5 Å². The van der Waals surface area contributed by atoms with E-state index in [1.165, 1.54) is 0 Å². The van der Waals surface area contributed by atoms with Gasteiger partial charge in [-0.2, -0.15) is 13.0 Å². The fourth-order valence-electron chi connectivity index (χ4n) is 5.06. The molecule has 0 spiro atoms. The Labute approximate surface area is 249 Å². The molecule has 0 saturated heterocycles. The number of nitrogens with zero attached hydrogens (tertiary/aromatic N) is 2. The van der Waals surface area contributed by atoms with Crippen LogP contribution < -0.4 is 14.2 Å². The predicted molar refractivity (Wildman–Crippen MR) is 165 cm³/mol. The van der Waals surface area contributed by atoms with Crippen LogP contribution in [0.25, 0.3) is 27.1 Å². The van der Waals surface area contributed by atoms with Crippen molar-refractivity contribution in [1.29, 1.82) is 0 Å². The molecule has 0 bridgehead atoms. The number of aryl methyl sites for hydroxylation is 3. The normalized spacial score (nSPS) is 15.1. The maximum Gasteiger partial charge on any atom is 0.266 e. The van der Waals surface area contributed by atoms with Crippen LogP contribution in [-0.2, 0) is 26.8 Å². The highest BCUT2D eigenvalue weighted by molar-refractivity contribution is 7.86. The van der Waals surface area contributed by atoms with Crippen LogP contribution in [-0.4, -0.2) is 44.0 Å². The molecule has 12 heteroatoms. The second-order valence-electron chi connectivity index (χ2n) is 10.3. The van der Waals surface area contributed by atoms with Crippen molar-refractivity contribution in [1.82, 2.24) is 0 Å². The number of anilines is 1. The first kappa shape index (κ1) is 30.2. The van der Waals surface area contributed by atoms with Crippen LogP contribution in [0.4, 0.5) is 5.69 Å². The van der Waals surface area contributed by atoms with Crippen LogP contribution in [0.15, 0.2) is 66.1 Å². The van der Waals surface area contributed by atoms with Gasteiger partial charge in [-0.05, 0) is 66.6 Å². The van der Waals surface area contributed by atoms with Gasteiger partial charge in [-0.3, -0.25) is 4.55 Å². The summed E-state index contributed by atoms with van der Waals surface area (Å²) in [5.74, 6) is 0.139. The monoisotopic (exact) mass is 628 g/mol. The molecule has 0 unspecified atom stereocenters. The van der Waals surface area contributed by atoms with E-state index < -0.39 is 31.7 Å². The summed E-state index contributed by atoms with van der Waals surface area (Å²) in [7, 11) is -8.55. The van der Waals surface area contributed by atoms with Gasteiger partial charge in [0.25, 0.3) is 15.1 Å². The number of aromatic nitrogens is 1. The average Bonchev–Trinajstić information content (AvgIpc) is 3.43. The standard InChI is InChI=1S/C30H32N2O7S3/c1-4-22(18-28-31(13-15-42(36,37)38)25-16-20(2)21(3)17-26(25)39-28)19-29-32(12-7-14-41(33,34)35)30-24-9-6-5-8-23(24)10-11-27(30)40-29/h5-6,8-11,16-19H,4,7,12-15H2,1-3H3,(H-,33,34,35,36,37,38). The van der Waals surface area contributed by atoms with Gasteiger partial charge >= 0.3 is 0 Å². The summed E-state index contributed by atoms with van der Waals surface area (Å²) in [5, 5.41) is 2.97. The molecule has 9 nitrogen and oxygen atoms in total. The van der Waals surface area contributed by atoms with E-state index in [4.69, 9.17) is 4.74 Å². The minimum atomic E-state index is -4.35. The Balaban J connectivity index is 1.60. The van der Waals surface area contributed by atoms with Gasteiger partial charge in [0.1, 0.15) is 4.70 Å². The Morgan fingerprint density at radius 3 is 2.52 bits per heavy atom. The van der Waals surface area contributed by atoms with Crippen LogP contribution in [0.5, 0.6) is 5.75 Å². The molecule has 1 aromatic heterocycles. The highest BCUT2D eigenvalue weighted by atomic mass is 32.2. The molecule has 222 valence electrons. The van der Waals surface area contributed by atoms with Crippen LogP contribution in [0.3, 0.4) is 0 Å². The van der Waals surface area contributed by atoms with Crippen LogP contribution >= 0.6 is 11.3 Å². The number of hydrogen-bond donors (Lipinski definition) is 1. The molecular formula is C30H32N2O7S3. The molecule has 0 radical (unpaired) electrons. The third kappa shape index (κ3) is 6.68. The van der Waals surface area contributed by atoms with Crippen molar-refractivity contribution < 1.29 is 35.2 Å². The maximum atomic E-state index is 11.6. The SMILES string of the molecule is CCC(=Cc1sc2ccc3ccccc3c2[n+]1CCCS(=O)(=O)[O-])/C=C1\Oc2cc(C)c(C)cc2N1CCS(=O)(=O)O. The summed E-state index contributed by atoms with van der Waals surface area (Å²) in [4.78, 5) is 1.75. The van der Waals surface area contributed by atoms with Gasteiger partial charge in [0, 0.05) is 30.9 Å². The molecule has 1 N–H and O–H groups in total. The second kappa shape index (κ2) is 11.8. The first-order valence-electron chi connectivity index (χ1n) is 13.5. The van der Waals surface area contributed by atoms with E-state index in [-0.39, 0.29) is 13.0 Å². The Bertz CT molecular complexity index is 1960. The van der Waals surface area contributed by atoms with E-state index in [2.05, 4.69) is 10.6 Å². The van der Waals surface area contributed by atoms with Crippen molar-refractivity contribution in [3.05, 3.63) is 82.2 Å². The van der Waals surface area contributed by atoms with Crippen LogP contribution in [0.1, 0.15) is 35.9 Å². The smallest absolute Gasteiger partial charge is 0.266 e. The average molecular weight is 629 g/mol. The fraction of sp³-hybridized carbons (Fsp3) is 0.300. The largest absolute Gasteiger partial charge is 0.748 e. The fourth-order valence-corrected chi connectivity index (χ4v) is 7.14. The maximum absolute atomic E-state index is 11.6. The Kier molecular flexibility index (Phi) is 8.46. The van der Waals surface area contributed by atoms with Crippen LogP contribution in [0, 0.1) is 13.8 Å². The number of fused-ring (bicyclic) bond motifs is 4. The lowest BCUT2D eigenvalue weighted by atomic mass is 10.1. The molecule has 0 amide bonds. The summed E-state index contributed by atoms with van der Waals surface area (Å²) >= 11 is 1.57. The van der Waals surface area contributed by atoms with Gasteiger partial charge in [0.05, 0.1) is 26.9 Å². The molecular weight excluding hydrogens is 597 g/mol. The third-order valence-electron chi connectivity index (χ3n) is 7.34. The quantitative estimate of drug-likeness (QED) is 0.185. The van der Waals surface area contributed by atoms with E-state index in [1.807, 2.05) is 75.4 Å². The van der Waals surface area contributed by atoms with E-state index in [0.29, 0.717) is 24.6 Å². The van der Waals surface area contributed by atoms with Gasteiger partial charge in [0.2, 0.25) is 11.4 Å². The number of thiazole rings is 1. The molecule has 3 aromatic carbocycles. The lowest BCUT2D eigenvalue weighted by molar-refractivity contribution is -0.667. The van der Waals surface area contributed by atoms with Gasteiger partial charge in [0.15, 0.2) is 12.3 Å². The second-order valence-corrected chi connectivity index (χ2v) is 14.5. The van der Waals surface area contributed by atoms with Crippen molar-refractivity contribution in [3.8, 4) is 5.75 Å². The molecule has 0 aliphatic carbocycles. The summed E-state index contributed by atoms with van der Waals surface area (Å²) < 4.78 is 76.1. The highest BCUT2D eigenvalue weighted by Gasteiger charge is 2.29. The van der Waals surface area contributed by atoms with Gasteiger partial charge in [-0.15, -0.1) is 0 Å². The molecule has 42 heavy (non-hydrogen) atoms. The number of benzene rings is 3. The zero-order chi connectivity index (χ0) is 30.2. The Morgan fingerprint density at radius 1 is 1.07 bits per heavy atom. The van der Waals surface area contributed by atoms with Gasteiger partial charge < -0.3 is 14.2 Å². The molecule has 2 heterocycles. The summed E-state index contributed by atoms with van der Waals surface area (Å²) in [6.45, 7) is 6.30. The summed E-state index contributed by atoms with van der Waals surface area (Å²) in [5.41, 5.74) is 4.66. The molecule has 1 aliphatic heterocycles. The zero-order valence-corrected chi connectivity index (χ0v) is 26.0. The first-order chi connectivity index (χ1) is 19.8. The van der Waals surface area contributed by atoms with E-state index >= 15 is 0 Å². The van der Waals surface area contributed by atoms with E-state index in [0.717, 1.165) is 48.4 Å². The van der Waals surface area contributed by atoms with Crippen LogP contribution in [0.2, 0.25) is 0 Å². The molecule has 1 aliphatic rings. The number of ether oxygens (including phenoxy) is 1. The minimum absolute atomic E-state index is 0.00963. The zero-order valence-electron chi connectivity index (χ0n) is 23.5. The predicted octanol–water partition coefficient (Wildman–Crippen LogP) is 5.32. The van der Waals surface area contributed by atoms with Crippen molar-refractivity contribution in [3.63, 3.8) is 0 Å². The van der Waals surface area contributed by atoms with Gasteiger partial charge in [-0.25, -0.2) is 8.42 Å². The first-order valence-corrected chi connectivity index (χ1v) is 17.5. The molecule has 0 saturated carbocycles. The summed E-state index contributed by atoms with van der Waals surface area (Å²) in [6.07, 6.45) is 4.68. The van der Waals surface area contributed by atoms with Crippen molar-refractivity contribution in [2.24, 2.45) is 0 Å². The summed E-state index contributed by atoms with van der Waals surface area (Å²) in [6, 6.07) is 15.9. The van der Waals surface area contributed by atoms with Crippen molar-refractivity contribution >= 4 is 64.3 Å². The highest BCUT2D eigenvalue weighted by Crippen LogP contribution is 2.41. The minimum Gasteiger partial charge on any atom is -0.748 e. The Hall–Kier alpha value is -3.29. The third-order valence-corrected chi connectivity index (χ3v) is 9.92. The topological polar surface area (TPSA) is 128 Å². The lowest BCUT2D eigenvalue weighted by Crippen LogP contribution is -2.36. The molecule has 0 atom stereocenters. The number of hydrogen-bond acceptors (Lipinski definition) is 8. The molecule has 4 aromatic rings. The lowest BCUT2D eigenvalue weighted by Gasteiger charge is -2.18. The van der Waals surface area contributed by atoms with E-state index in [1.54, 1.807) is 16.2 Å². The Morgan fingerprint density at radius 2 is 1.81 bits per heavy atom. The van der Waals surface area contributed by atoms with Crippen molar-refractivity contribution in [2.45, 2.75) is 40.2 Å².